The Labute approximate surface area is 125 Å². The summed E-state index contributed by atoms with van der Waals surface area (Å²) >= 11 is 6.11. The maximum absolute atomic E-state index is 6.11. The lowest BCUT2D eigenvalue weighted by Gasteiger charge is -2.10. The third-order valence-electron chi connectivity index (χ3n) is 4.08. The van der Waals surface area contributed by atoms with Gasteiger partial charge in [0.1, 0.15) is 0 Å². The molecule has 0 radical (unpaired) electrons. The van der Waals surface area contributed by atoms with Crippen LogP contribution in [-0.2, 0) is 0 Å². The first-order valence-corrected chi connectivity index (χ1v) is 7.58. The molecule has 0 aliphatic heterocycles. The van der Waals surface area contributed by atoms with Crippen LogP contribution in [0.15, 0.2) is 41.7 Å². The molecule has 0 amide bonds. The molecule has 1 aromatic carbocycles. The van der Waals surface area contributed by atoms with Crippen molar-refractivity contribution in [3.63, 3.8) is 0 Å². The van der Waals surface area contributed by atoms with Crippen molar-refractivity contribution in [2.75, 3.05) is 0 Å². The van der Waals surface area contributed by atoms with Crippen LogP contribution in [0.2, 0.25) is 5.02 Å². The van der Waals surface area contributed by atoms with E-state index in [1.54, 1.807) is 0 Å². The van der Waals surface area contributed by atoms with E-state index in [0.717, 1.165) is 21.8 Å². The molecule has 2 nitrogen and oxygen atoms in total. The Morgan fingerprint density at radius 2 is 2.05 bits per heavy atom. The summed E-state index contributed by atoms with van der Waals surface area (Å²) in [7, 11) is 0. The summed E-state index contributed by atoms with van der Waals surface area (Å²) in [5, 5.41) is 0.767. The Bertz CT molecular complexity index is 622. The van der Waals surface area contributed by atoms with Crippen molar-refractivity contribution in [1.82, 2.24) is 4.57 Å². The third-order valence-corrected chi connectivity index (χ3v) is 4.48. The summed E-state index contributed by atoms with van der Waals surface area (Å²) in [5.74, 6) is 0. The van der Waals surface area contributed by atoms with Gasteiger partial charge in [-0.1, -0.05) is 30.5 Å². The molecular weight excluding hydrogens is 268 g/mol. The second-order valence-electron chi connectivity index (χ2n) is 5.47. The van der Waals surface area contributed by atoms with Crippen molar-refractivity contribution in [2.24, 2.45) is 4.99 Å². The van der Waals surface area contributed by atoms with Crippen LogP contribution in [0.25, 0.3) is 0 Å². The SMILES string of the molecule is Cc1c(Cl)cccc1N=Cc1ccn(C2CCCC2)c1. The van der Waals surface area contributed by atoms with Crippen molar-refractivity contribution in [2.45, 2.75) is 38.6 Å². The fourth-order valence-electron chi connectivity index (χ4n) is 2.82. The molecule has 1 saturated carbocycles. The van der Waals surface area contributed by atoms with Crippen LogP contribution in [0, 0.1) is 6.92 Å². The Morgan fingerprint density at radius 3 is 2.85 bits per heavy atom. The standard InChI is InChI=1S/C17H19ClN2/c1-13-16(18)7-4-8-17(13)19-11-14-9-10-20(12-14)15-5-2-3-6-15/h4,7-12,15H,2-3,5-6H2,1H3. The number of halogens is 1. The zero-order chi connectivity index (χ0) is 13.9. The van der Waals surface area contributed by atoms with Crippen LogP contribution in [0.4, 0.5) is 5.69 Å². The first kappa shape index (κ1) is 13.4. The minimum Gasteiger partial charge on any atom is -0.351 e. The van der Waals surface area contributed by atoms with Gasteiger partial charge >= 0.3 is 0 Å². The number of aromatic nitrogens is 1. The van der Waals surface area contributed by atoms with Crippen molar-refractivity contribution in [1.29, 1.82) is 0 Å². The molecule has 0 bridgehead atoms. The van der Waals surface area contributed by atoms with Crippen LogP contribution < -0.4 is 0 Å². The van der Waals surface area contributed by atoms with E-state index in [4.69, 9.17) is 11.6 Å². The molecule has 20 heavy (non-hydrogen) atoms. The molecule has 1 heterocycles. The normalized spacial score (nSPS) is 16.3. The highest BCUT2D eigenvalue weighted by atomic mass is 35.5. The molecular formula is C17H19ClN2. The first-order valence-electron chi connectivity index (χ1n) is 7.21. The molecule has 1 aliphatic carbocycles. The number of rotatable bonds is 3. The second-order valence-corrected chi connectivity index (χ2v) is 5.88. The fraction of sp³-hybridized carbons (Fsp3) is 0.353. The quantitative estimate of drug-likeness (QED) is 0.680. The number of hydrogen-bond donors (Lipinski definition) is 0. The summed E-state index contributed by atoms with van der Waals surface area (Å²) in [5.41, 5.74) is 3.11. The van der Waals surface area contributed by atoms with E-state index in [1.165, 1.54) is 25.7 Å². The van der Waals surface area contributed by atoms with Gasteiger partial charge < -0.3 is 4.57 Å². The van der Waals surface area contributed by atoms with Gasteiger partial charge in [0.15, 0.2) is 0 Å². The Balaban J connectivity index is 1.77. The van der Waals surface area contributed by atoms with Crippen molar-refractivity contribution in [3.05, 3.63) is 52.8 Å². The average Bonchev–Trinajstić information content (AvgIpc) is 3.10. The van der Waals surface area contributed by atoms with E-state index < -0.39 is 0 Å². The zero-order valence-electron chi connectivity index (χ0n) is 11.7. The summed E-state index contributed by atoms with van der Waals surface area (Å²) in [6.07, 6.45) is 11.6. The van der Waals surface area contributed by atoms with E-state index in [9.17, 15) is 0 Å². The summed E-state index contributed by atoms with van der Waals surface area (Å²) in [6, 6.07) is 8.64. The minimum atomic E-state index is 0.685. The molecule has 1 aromatic heterocycles. The van der Waals surface area contributed by atoms with Crippen molar-refractivity contribution >= 4 is 23.5 Å². The van der Waals surface area contributed by atoms with Gasteiger partial charge in [-0.15, -0.1) is 0 Å². The fourth-order valence-corrected chi connectivity index (χ4v) is 2.99. The molecule has 104 valence electrons. The van der Waals surface area contributed by atoms with E-state index in [-0.39, 0.29) is 0 Å². The van der Waals surface area contributed by atoms with E-state index in [2.05, 4.69) is 28.0 Å². The molecule has 0 N–H and O–H groups in total. The van der Waals surface area contributed by atoms with Gasteiger partial charge in [0.2, 0.25) is 0 Å². The number of aliphatic imine (C=N–C) groups is 1. The molecule has 0 spiro atoms. The topological polar surface area (TPSA) is 17.3 Å². The van der Waals surface area contributed by atoms with Crippen LogP contribution >= 0.6 is 11.6 Å². The van der Waals surface area contributed by atoms with Gasteiger partial charge in [-0.05, 0) is 43.5 Å². The Hall–Kier alpha value is -1.54. The summed E-state index contributed by atoms with van der Waals surface area (Å²) in [4.78, 5) is 4.55. The van der Waals surface area contributed by atoms with Crippen LogP contribution in [0.5, 0.6) is 0 Å². The van der Waals surface area contributed by atoms with Gasteiger partial charge in [0.05, 0.1) is 5.69 Å². The molecule has 3 rings (SSSR count). The molecule has 1 aliphatic rings. The third kappa shape index (κ3) is 2.80. The van der Waals surface area contributed by atoms with Gasteiger partial charge in [-0.2, -0.15) is 0 Å². The highest BCUT2D eigenvalue weighted by Gasteiger charge is 2.15. The van der Waals surface area contributed by atoms with Gasteiger partial charge in [0, 0.05) is 35.2 Å². The number of benzene rings is 1. The summed E-state index contributed by atoms with van der Waals surface area (Å²) in [6.45, 7) is 2.00. The molecule has 1 fully saturated rings. The Kier molecular flexibility index (Phi) is 3.93. The lowest BCUT2D eigenvalue weighted by atomic mass is 10.2. The number of nitrogens with zero attached hydrogens (tertiary/aromatic N) is 2. The number of hydrogen-bond acceptors (Lipinski definition) is 1. The highest BCUT2D eigenvalue weighted by molar-refractivity contribution is 6.31. The van der Waals surface area contributed by atoms with Crippen molar-refractivity contribution in [3.8, 4) is 0 Å². The van der Waals surface area contributed by atoms with Crippen LogP contribution in [0.1, 0.15) is 42.9 Å². The van der Waals surface area contributed by atoms with Gasteiger partial charge in [-0.25, -0.2) is 0 Å². The molecule has 2 aromatic rings. The van der Waals surface area contributed by atoms with E-state index in [0.29, 0.717) is 6.04 Å². The Morgan fingerprint density at radius 1 is 1.25 bits per heavy atom. The first-order chi connectivity index (χ1) is 9.74. The predicted octanol–water partition coefficient (Wildman–Crippen LogP) is 5.32. The van der Waals surface area contributed by atoms with E-state index >= 15 is 0 Å². The van der Waals surface area contributed by atoms with Crippen LogP contribution in [0.3, 0.4) is 0 Å². The summed E-state index contributed by atoms with van der Waals surface area (Å²) < 4.78 is 2.33. The molecule has 0 saturated heterocycles. The maximum atomic E-state index is 6.11. The lowest BCUT2D eigenvalue weighted by molar-refractivity contribution is 0.521. The predicted molar refractivity (Wildman–Crippen MR) is 85.4 cm³/mol. The second kappa shape index (κ2) is 5.84. The van der Waals surface area contributed by atoms with Crippen LogP contribution in [-0.4, -0.2) is 10.8 Å². The smallest absolute Gasteiger partial charge is 0.0673 e. The monoisotopic (exact) mass is 286 g/mol. The average molecular weight is 287 g/mol. The zero-order valence-corrected chi connectivity index (χ0v) is 12.5. The van der Waals surface area contributed by atoms with E-state index in [1.807, 2.05) is 31.3 Å². The molecule has 0 unspecified atom stereocenters. The molecule has 0 atom stereocenters. The van der Waals surface area contributed by atoms with Crippen molar-refractivity contribution < 1.29 is 0 Å². The van der Waals surface area contributed by atoms with Gasteiger partial charge in [-0.3, -0.25) is 4.99 Å². The maximum Gasteiger partial charge on any atom is 0.0673 e. The van der Waals surface area contributed by atoms with Gasteiger partial charge in [0.25, 0.3) is 0 Å². The largest absolute Gasteiger partial charge is 0.351 e. The highest BCUT2D eigenvalue weighted by Crippen LogP contribution is 2.30. The minimum absolute atomic E-state index is 0.685. The lowest BCUT2D eigenvalue weighted by Crippen LogP contribution is -2.00. The molecule has 3 heteroatoms.